The zero-order valence-electron chi connectivity index (χ0n) is 14.9. The first kappa shape index (κ1) is 18.1. The summed E-state index contributed by atoms with van der Waals surface area (Å²) in [4.78, 5) is 24.0. The maximum Gasteiger partial charge on any atom is 0.305 e. The largest absolute Gasteiger partial charge is 0.481 e. The van der Waals surface area contributed by atoms with Gasteiger partial charge < -0.3 is 15.2 Å². The van der Waals surface area contributed by atoms with Crippen molar-refractivity contribution in [3.63, 3.8) is 0 Å². The third-order valence-corrected chi connectivity index (χ3v) is 4.67. The van der Waals surface area contributed by atoms with Gasteiger partial charge in [0.15, 0.2) is 5.69 Å². The molecule has 1 aliphatic rings. The van der Waals surface area contributed by atoms with Gasteiger partial charge in [-0.1, -0.05) is 17.3 Å². The Morgan fingerprint density at radius 1 is 1.31 bits per heavy atom. The van der Waals surface area contributed by atoms with E-state index in [2.05, 4.69) is 15.6 Å². The number of hydrogen-bond donors (Lipinski definition) is 2. The number of carbonyl (C=O) groups excluding carboxylic acids is 1. The number of aryl methyl sites for hydroxylation is 1. The van der Waals surface area contributed by atoms with Crippen LogP contribution in [0.1, 0.15) is 41.0 Å². The minimum absolute atomic E-state index is 0.146. The number of amides is 1. The van der Waals surface area contributed by atoms with Crippen molar-refractivity contribution in [1.29, 1.82) is 0 Å². The van der Waals surface area contributed by atoms with Crippen LogP contribution in [0, 0.1) is 13.8 Å². The number of aliphatic carboxylic acids is 1. The van der Waals surface area contributed by atoms with Crippen LogP contribution in [0.25, 0.3) is 5.69 Å². The second-order valence-corrected chi connectivity index (χ2v) is 6.69. The number of carboxylic acids is 1. The molecule has 0 atom stereocenters. The Kier molecular flexibility index (Phi) is 5.03. The van der Waals surface area contributed by atoms with E-state index in [0.29, 0.717) is 31.7 Å². The van der Waals surface area contributed by atoms with E-state index >= 15 is 0 Å². The summed E-state index contributed by atoms with van der Waals surface area (Å²) >= 11 is 0. The van der Waals surface area contributed by atoms with Crippen molar-refractivity contribution in [2.75, 3.05) is 13.2 Å². The molecular formula is C18H22N4O4. The van der Waals surface area contributed by atoms with Crippen LogP contribution in [0.3, 0.4) is 0 Å². The highest BCUT2D eigenvalue weighted by Crippen LogP contribution is 2.25. The molecule has 1 aliphatic heterocycles. The van der Waals surface area contributed by atoms with Crippen molar-refractivity contribution in [3.8, 4) is 5.69 Å². The van der Waals surface area contributed by atoms with E-state index in [1.165, 1.54) is 0 Å². The van der Waals surface area contributed by atoms with Gasteiger partial charge in [-0.3, -0.25) is 9.59 Å². The molecule has 2 N–H and O–H groups in total. The predicted molar refractivity (Wildman–Crippen MR) is 93.3 cm³/mol. The van der Waals surface area contributed by atoms with Crippen molar-refractivity contribution >= 4 is 11.9 Å². The maximum atomic E-state index is 12.8. The lowest BCUT2D eigenvalue weighted by atomic mass is 9.86. The van der Waals surface area contributed by atoms with E-state index in [4.69, 9.17) is 4.74 Å². The van der Waals surface area contributed by atoms with Gasteiger partial charge in [0, 0.05) is 13.2 Å². The van der Waals surface area contributed by atoms with Crippen molar-refractivity contribution in [1.82, 2.24) is 20.3 Å². The SMILES string of the molecule is Cc1cccc(-n2nnc(C(=O)NC3(CC(=O)O)CCOCC3)c2C)c1. The molecule has 8 nitrogen and oxygen atoms in total. The number of hydrogen-bond acceptors (Lipinski definition) is 5. The molecule has 1 aromatic carbocycles. The average molecular weight is 358 g/mol. The highest BCUT2D eigenvalue weighted by molar-refractivity contribution is 5.94. The second-order valence-electron chi connectivity index (χ2n) is 6.69. The summed E-state index contributed by atoms with van der Waals surface area (Å²) in [6.07, 6.45) is 0.763. The molecule has 2 heterocycles. The van der Waals surface area contributed by atoms with Gasteiger partial charge in [0.25, 0.3) is 5.91 Å². The second kappa shape index (κ2) is 7.25. The Bertz CT molecular complexity index is 824. The molecule has 0 bridgehead atoms. The number of carbonyl (C=O) groups is 2. The Hall–Kier alpha value is -2.74. The van der Waals surface area contributed by atoms with E-state index in [1.54, 1.807) is 11.6 Å². The summed E-state index contributed by atoms with van der Waals surface area (Å²) in [5.41, 5.74) is 1.88. The molecular weight excluding hydrogens is 336 g/mol. The summed E-state index contributed by atoms with van der Waals surface area (Å²) in [7, 11) is 0. The lowest BCUT2D eigenvalue weighted by molar-refractivity contribution is -0.139. The van der Waals surface area contributed by atoms with E-state index < -0.39 is 17.4 Å². The molecule has 138 valence electrons. The molecule has 1 saturated heterocycles. The molecule has 0 saturated carbocycles. The highest BCUT2D eigenvalue weighted by atomic mass is 16.5. The number of rotatable bonds is 5. The maximum absolute atomic E-state index is 12.8. The minimum Gasteiger partial charge on any atom is -0.481 e. The van der Waals surface area contributed by atoms with Gasteiger partial charge in [-0.25, -0.2) is 4.68 Å². The predicted octanol–water partition coefficient (Wildman–Crippen LogP) is 1.64. The third-order valence-electron chi connectivity index (χ3n) is 4.67. The van der Waals surface area contributed by atoms with Crippen molar-refractivity contribution in [2.24, 2.45) is 0 Å². The third kappa shape index (κ3) is 3.75. The van der Waals surface area contributed by atoms with Crippen LogP contribution < -0.4 is 5.32 Å². The standard InChI is InChI=1S/C18H22N4O4/c1-12-4-3-5-14(10-12)22-13(2)16(20-21-22)17(25)19-18(11-15(23)24)6-8-26-9-7-18/h3-5,10H,6-9,11H2,1-2H3,(H,19,25)(H,23,24). The van der Waals surface area contributed by atoms with Gasteiger partial charge in [-0.05, 0) is 44.4 Å². The van der Waals surface area contributed by atoms with Gasteiger partial charge in [-0.2, -0.15) is 0 Å². The molecule has 1 fully saturated rings. The summed E-state index contributed by atoms with van der Waals surface area (Å²) in [6, 6.07) is 7.73. The number of nitrogens with zero attached hydrogens (tertiary/aromatic N) is 3. The Morgan fingerprint density at radius 3 is 2.69 bits per heavy atom. The number of benzene rings is 1. The van der Waals surface area contributed by atoms with Crippen LogP contribution in [0.4, 0.5) is 0 Å². The fraction of sp³-hybridized carbons (Fsp3) is 0.444. The highest BCUT2D eigenvalue weighted by Gasteiger charge is 2.37. The lowest BCUT2D eigenvalue weighted by Gasteiger charge is -2.36. The van der Waals surface area contributed by atoms with Crippen molar-refractivity contribution in [3.05, 3.63) is 41.2 Å². The van der Waals surface area contributed by atoms with Crippen LogP contribution in [-0.2, 0) is 9.53 Å². The smallest absolute Gasteiger partial charge is 0.305 e. The topological polar surface area (TPSA) is 106 Å². The average Bonchev–Trinajstić information content (AvgIpc) is 2.96. The van der Waals surface area contributed by atoms with E-state index in [-0.39, 0.29) is 12.1 Å². The normalized spacial score (nSPS) is 16.2. The molecule has 8 heteroatoms. The summed E-state index contributed by atoms with van der Waals surface area (Å²) in [6.45, 7) is 4.58. The van der Waals surface area contributed by atoms with Crippen LogP contribution in [0.15, 0.2) is 24.3 Å². The zero-order valence-corrected chi connectivity index (χ0v) is 14.9. The summed E-state index contributed by atoms with van der Waals surface area (Å²) < 4.78 is 6.92. The molecule has 0 radical (unpaired) electrons. The first-order valence-corrected chi connectivity index (χ1v) is 8.52. The van der Waals surface area contributed by atoms with Gasteiger partial charge in [0.1, 0.15) is 0 Å². The van der Waals surface area contributed by atoms with Crippen LogP contribution in [0.5, 0.6) is 0 Å². The molecule has 1 amide bonds. The van der Waals surface area contributed by atoms with Gasteiger partial charge >= 0.3 is 5.97 Å². The lowest BCUT2D eigenvalue weighted by Crippen LogP contribution is -2.53. The molecule has 26 heavy (non-hydrogen) atoms. The van der Waals surface area contributed by atoms with Crippen LogP contribution >= 0.6 is 0 Å². The number of nitrogens with one attached hydrogen (secondary N) is 1. The van der Waals surface area contributed by atoms with Crippen LogP contribution in [-0.4, -0.2) is 50.7 Å². The van der Waals surface area contributed by atoms with Gasteiger partial charge in [-0.15, -0.1) is 5.10 Å². The van der Waals surface area contributed by atoms with Crippen molar-refractivity contribution in [2.45, 2.75) is 38.6 Å². The first-order valence-electron chi connectivity index (χ1n) is 8.52. The molecule has 0 aliphatic carbocycles. The first-order chi connectivity index (χ1) is 12.4. The van der Waals surface area contributed by atoms with E-state index in [9.17, 15) is 14.7 Å². The van der Waals surface area contributed by atoms with Gasteiger partial charge in [0.2, 0.25) is 0 Å². The Labute approximate surface area is 151 Å². The monoisotopic (exact) mass is 358 g/mol. The van der Waals surface area contributed by atoms with E-state index in [1.807, 2.05) is 31.2 Å². The Balaban J connectivity index is 1.84. The van der Waals surface area contributed by atoms with Gasteiger partial charge in [0.05, 0.1) is 23.3 Å². The molecule has 0 spiro atoms. The van der Waals surface area contributed by atoms with Crippen LogP contribution in [0.2, 0.25) is 0 Å². The molecule has 2 aromatic rings. The number of carboxylic acid groups (broad SMARTS) is 1. The molecule has 3 rings (SSSR count). The molecule has 1 aromatic heterocycles. The fourth-order valence-electron chi connectivity index (χ4n) is 3.24. The Morgan fingerprint density at radius 2 is 2.04 bits per heavy atom. The fourth-order valence-corrected chi connectivity index (χ4v) is 3.24. The minimum atomic E-state index is -0.952. The number of ether oxygens (including phenoxy) is 1. The summed E-state index contributed by atoms with van der Waals surface area (Å²) in [5.74, 6) is -1.36. The molecule has 0 unspecified atom stereocenters. The van der Waals surface area contributed by atoms with Crippen molar-refractivity contribution < 1.29 is 19.4 Å². The zero-order chi connectivity index (χ0) is 18.7. The quantitative estimate of drug-likeness (QED) is 0.841. The summed E-state index contributed by atoms with van der Waals surface area (Å²) in [5, 5.41) is 20.2. The van der Waals surface area contributed by atoms with E-state index in [0.717, 1.165) is 11.3 Å². The number of aromatic nitrogens is 3.